The topological polar surface area (TPSA) is 62.6 Å². The number of nitrogens with zero attached hydrogens (tertiary/aromatic N) is 2. The van der Waals surface area contributed by atoms with E-state index in [4.69, 9.17) is 14.2 Å². The number of methoxy groups -OCH3 is 2. The van der Waals surface area contributed by atoms with Crippen LogP contribution in [0.5, 0.6) is 11.5 Å². The van der Waals surface area contributed by atoms with Crippen molar-refractivity contribution in [1.82, 2.24) is 9.78 Å². The molecule has 0 saturated heterocycles. The van der Waals surface area contributed by atoms with E-state index in [9.17, 15) is 4.79 Å². The van der Waals surface area contributed by atoms with Gasteiger partial charge in [-0.3, -0.25) is 4.68 Å². The molecule has 0 spiro atoms. The Bertz CT molecular complexity index is 712. The number of benzene rings is 1. The molecule has 0 amide bonds. The molecule has 0 aliphatic carbocycles. The van der Waals surface area contributed by atoms with E-state index in [1.54, 1.807) is 26.4 Å². The maximum atomic E-state index is 11.8. The Labute approximate surface area is 141 Å². The average Bonchev–Trinajstić information content (AvgIpc) is 2.90. The van der Waals surface area contributed by atoms with Crippen LogP contribution in [0.2, 0.25) is 0 Å². The number of hydrogen-bond acceptors (Lipinski definition) is 5. The zero-order chi connectivity index (χ0) is 17.5. The van der Waals surface area contributed by atoms with Crippen LogP contribution in [0.15, 0.2) is 30.3 Å². The molecule has 2 rings (SSSR count). The Morgan fingerprint density at radius 3 is 2.33 bits per heavy atom. The Morgan fingerprint density at radius 2 is 1.79 bits per heavy atom. The Balaban J connectivity index is 1.89. The average molecular weight is 330 g/mol. The lowest BCUT2D eigenvalue weighted by Crippen LogP contribution is -2.11. The highest BCUT2D eigenvalue weighted by Crippen LogP contribution is 2.23. The summed E-state index contributed by atoms with van der Waals surface area (Å²) in [4.78, 5) is 11.8. The molecule has 0 atom stereocenters. The van der Waals surface area contributed by atoms with E-state index >= 15 is 0 Å². The lowest BCUT2D eigenvalue weighted by Gasteiger charge is -2.06. The summed E-state index contributed by atoms with van der Waals surface area (Å²) in [6.07, 6.45) is 3.05. The van der Waals surface area contributed by atoms with E-state index < -0.39 is 5.97 Å². The van der Waals surface area contributed by atoms with Crippen LogP contribution in [-0.4, -0.2) is 36.6 Å². The predicted molar refractivity (Wildman–Crippen MR) is 91.2 cm³/mol. The van der Waals surface area contributed by atoms with Crippen molar-refractivity contribution < 1.29 is 19.0 Å². The summed E-state index contributed by atoms with van der Waals surface area (Å²) in [5.41, 5.74) is 2.79. The van der Waals surface area contributed by atoms with Crippen molar-refractivity contribution >= 4 is 12.0 Å². The number of esters is 1. The van der Waals surface area contributed by atoms with Crippen molar-refractivity contribution in [3.8, 4) is 11.5 Å². The van der Waals surface area contributed by atoms with Crippen LogP contribution in [0.4, 0.5) is 0 Å². The highest BCUT2D eigenvalue weighted by Gasteiger charge is 2.03. The molecule has 0 saturated carbocycles. The number of hydrogen-bond donors (Lipinski definition) is 0. The van der Waals surface area contributed by atoms with Gasteiger partial charge in [0.25, 0.3) is 0 Å². The lowest BCUT2D eigenvalue weighted by molar-refractivity contribution is -0.138. The summed E-state index contributed by atoms with van der Waals surface area (Å²) in [5, 5.41) is 4.32. The summed E-state index contributed by atoms with van der Waals surface area (Å²) >= 11 is 0. The SMILES string of the molecule is COc1cc(/C=C/C(=O)OCCn2nc(C)cc2C)cc(OC)c1. The minimum Gasteiger partial charge on any atom is -0.497 e. The third-order valence-corrected chi connectivity index (χ3v) is 3.44. The molecule has 6 heteroatoms. The first-order valence-electron chi connectivity index (χ1n) is 7.61. The van der Waals surface area contributed by atoms with Crippen molar-refractivity contribution in [2.75, 3.05) is 20.8 Å². The first-order valence-corrected chi connectivity index (χ1v) is 7.61. The standard InChI is InChI=1S/C18H22N2O4/c1-13-9-14(2)20(19-13)7-8-24-18(21)6-5-15-10-16(22-3)12-17(11-15)23-4/h5-6,9-12H,7-8H2,1-4H3/b6-5+. The summed E-state index contributed by atoms with van der Waals surface area (Å²) in [5.74, 6) is 0.914. The van der Waals surface area contributed by atoms with Crippen LogP contribution >= 0.6 is 0 Å². The van der Waals surface area contributed by atoms with E-state index in [0.717, 1.165) is 17.0 Å². The van der Waals surface area contributed by atoms with E-state index in [1.807, 2.05) is 36.7 Å². The molecule has 2 aromatic rings. The molecule has 0 aliphatic heterocycles. The fraction of sp³-hybridized carbons (Fsp3) is 0.333. The van der Waals surface area contributed by atoms with Gasteiger partial charge in [-0.25, -0.2) is 4.79 Å². The Kier molecular flexibility index (Phi) is 6.01. The molecule has 1 aromatic heterocycles. The molecule has 0 N–H and O–H groups in total. The van der Waals surface area contributed by atoms with Crippen LogP contribution in [-0.2, 0) is 16.1 Å². The Hall–Kier alpha value is -2.76. The number of carbonyl (C=O) groups excluding carboxylic acids is 1. The first kappa shape index (κ1) is 17.6. The van der Waals surface area contributed by atoms with Gasteiger partial charge in [0.2, 0.25) is 0 Å². The monoisotopic (exact) mass is 330 g/mol. The number of carbonyl (C=O) groups is 1. The molecule has 1 heterocycles. The van der Waals surface area contributed by atoms with Crippen LogP contribution in [0.1, 0.15) is 17.0 Å². The second kappa shape index (κ2) is 8.19. The van der Waals surface area contributed by atoms with E-state index in [2.05, 4.69) is 5.10 Å². The van der Waals surface area contributed by atoms with Gasteiger partial charge in [0.1, 0.15) is 18.1 Å². The van der Waals surface area contributed by atoms with Crippen molar-refractivity contribution in [2.24, 2.45) is 0 Å². The zero-order valence-electron chi connectivity index (χ0n) is 14.4. The van der Waals surface area contributed by atoms with Crippen molar-refractivity contribution in [1.29, 1.82) is 0 Å². The normalized spacial score (nSPS) is 10.8. The number of aromatic nitrogens is 2. The third kappa shape index (κ3) is 4.87. The Morgan fingerprint density at radius 1 is 1.12 bits per heavy atom. The fourth-order valence-corrected chi connectivity index (χ4v) is 2.27. The highest BCUT2D eigenvalue weighted by molar-refractivity contribution is 5.87. The largest absolute Gasteiger partial charge is 0.497 e. The molecule has 0 unspecified atom stereocenters. The minimum absolute atomic E-state index is 0.270. The van der Waals surface area contributed by atoms with Crippen LogP contribution in [0.3, 0.4) is 0 Å². The second-order valence-corrected chi connectivity index (χ2v) is 5.30. The minimum atomic E-state index is -0.404. The van der Waals surface area contributed by atoms with E-state index in [-0.39, 0.29) is 6.61 Å². The molecular formula is C18H22N2O4. The maximum Gasteiger partial charge on any atom is 0.330 e. The molecule has 0 fully saturated rings. The van der Waals surface area contributed by atoms with Crippen LogP contribution < -0.4 is 9.47 Å². The number of ether oxygens (including phenoxy) is 3. The predicted octanol–water partition coefficient (Wildman–Crippen LogP) is 2.77. The van der Waals surface area contributed by atoms with Gasteiger partial charge < -0.3 is 14.2 Å². The molecular weight excluding hydrogens is 308 g/mol. The summed E-state index contributed by atoms with van der Waals surface area (Å²) in [6.45, 7) is 4.71. The third-order valence-electron chi connectivity index (χ3n) is 3.44. The first-order chi connectivity index (χ1) is 11.5. The van der Waals surface area contributed by atoms with E-state index in [1.165, 1.54) is 6.08 Å². The fourth-order valence-electron chi connectivity index (χ4n) is 2.27. The molecule has 1 aromatic carbocycles. The highest BCUT2D eigenvalue weighted by atomic mass is 16.5. The van der Waals surface area contributed by atoms with Crippen molar-refractivity contribution in [3.63, 3.8) is 0 Å². The summed E-state index contributed by atoms with van der Waals surface area (Å²) in [7, 11) is 3.16. The van der Waals surface area contributed by atoms with Gasteiger partial charge >= 0.3 is 5.97 Å². The lowest BCUT2D eigenvalue weighted by atomic mass is 10.2. The van der Waals surface area contributed by atoms with Crippen LogP contribution in [0, 0.1) is 13.8 Å². The van der Waals surface area contributed by atoms with Gasteiger partial charge in [-0.05, 0) is 43.7 Å². The van der Waals surface area contributed by atoms with Gasteiger partial charge in [0, 0.05) is 17.8 Å². The zero-order valence-corrected chi connectivity index (χ0v) is 14.4. The van der Waals surface area contributed by atoms with Crippen molar-refractivity contribution in [2.45, 2.75) is 20.4 Å². The maximum absolute atomic E-state index is 11.8. The molecule has 6 nitrogen and oxygen atoms in total. The number of rotatable bonds is 7. The van der Waals surface area contributed by atoms with Gasteiger partial charge in [-0.1, -0.05) is 0 Å². The molecule has 0 radical (unpaired) electrons. The van der Waals surface area contributed by atoms with Gasteiger partial charge in [0.15, 0.2) is 0 Å². The molecule has 128 valence electrons. The van der Waals surface area contributed by atoms with Crippen molar-refractivity contribution in [3.05, 3.63) is 47.3 Å². The number of aryl methyl sites for hydroxylation is 2. The summed E-state index contributed by atoms with van der Waals surface area (Å²) in [6, 6.07) is 7.37. The van der Waals surface area contributed by atoms with Gasteiger partial charge in [0.05, 0.1) is 26.5 Å². The smallest absolute Gasteiger partial charge is 0.330 e. The quantitative estimate of drug-likeness (QED) is 0.577. The van der Waals surface area contributed by atoms with Crippen LogP contribution in [0.25, 0.3) is 6.08 Å². The summed E-state index contributed by atoms with van der Waals surface area (Å²) < 4.78 is 17.4. The second-order valence-electron chi connectivity index (χ2n) is 5.30. The molecule has 0 aliphatic rings. The van der Waals surface area contributed by atoms with Gasteiger partial charge in [-0.2, -0.15) is 5.10 Å². The van der Waals surface area contributed by atoms with E-state index in [0.29, 0.717) is 18.0 Å². The van der Waals surface area contributed by atoms with Gasteiger partial charge in [-0.15, -0.1) is 0 Å². The molecule has 0 bridgehead atoms. The molecule has 24 heavy (non-hydrogen) atoms.